The first-order chi connectivity index (χ1) is 15.0. The zero-order valence-electron chi connectivity index (χ0n) is 17.1. The molecule has 0 spiro atoms. The Labute approximate surface area is 180 Å². The van der Waals surface area contributed by atoms with Crippen LogP contribution in [0.4, 0.5) is 22.0 Å². The smallest absolute Gasteiger partial charge is 0.394 e. The summed E-state index contributed by atoms with van der Waals surface area (Å²) in [4.78, 5) is 12.4. The Hall–Kier alpha value is -3.36. The number of oxazole rings is 1. The summed E-state index contributed by atoms with van der Waals surface area (Å²) in [6.45, 7) is 2.12. The van der Waals surface area contributed by atoms with Crippen molar-refractivity contribution in [1.29, 1.82) is 0 Å². The quantitative estimate of drug-likeness (QED) is 0.309. The fraction of sp³-hybridized carbons (Fsp3) is 0.261. The molecule has 4 rings (SSSR count). The predicted molar refractivity (Wildman–Crippen MR) is 109 cm³/mol. The lowest BCUT2D eigenvalue weighted by Crippen LogP contribution is -2.34. The number of rotatable bonds is 5. The second-order valence-electron chi connectivity index (χ2n) is 8.02. The van der Waals surface area contributed by atoms with E-state index in [2.05, 4.69) is 15.0 Å². The third-order valence-electron chi connectivity index (χ3n) is 5.20. The molecule has 3 heterocycles. The second-order valence-corrected chi connectivity index (χ2v) is 8.02. The zero-order chi connectivity index (χ0) is 23.1. The topological polar surface area (TPSA) is 51.8 Å². The van der Waals surface area contributed by atoms with Crippen molar-refractivity contribution in [2.75, 3.05) is 0 Å². The zero-order valence-corrected chi connectivity index (χ0v) is 17.1. The standard InChI is InChI=1S/C23H18F5N3O/c1-22(2,23(26,27)28)11-19-30-12-18(32-19)15-7-8-16(21(24)25)31-20(15)14-6-5-13-4-3-9-29-17(13)10-14/h3-10,12,21H,11H2,1-2H3. The van der Waals surface area contributed by atoms with Crippen molar-refractivity contribution in [2.24, 2.45) is 5.41 Å². The van der Waals surface area contributed by atoms with Crippen LogP contribution in [0.1, 0.15) is 31.9 Å². The van der Waals surface area contributed by atoms with Gasteiger partial charge in [-0.3, -0.25) is 4.98 Å². The molecular formula is C23H18F5N3O. The molecule has 166 valence electrons. The molecule has 0 aliphatic heterocycles. The molecule has 3 aromatic heterocycles. The van der Waals surface area contributed by atoms with Crippen LogP contribution in [-0.4, -0.2) is 21.1 Å². The third kappa shape index (κ3) is 4.19. The van der Waals surface area contributed by atoms with Gasteiger partial charge in [-0.15, -0.1) is 0 Å². The van der Waals surface area contributed by atoms with Crippen molar-refractivity contribution < 1.29 is 26.4 Å². The molecular weight excluding hydrogens is 429 g/mol. The number of hydrogen-bond donors (Lipinski definition) is 0. The van der Waals surface area contributed by atoms with Crippen LogP contribution >= 0.6 is 0 Å². The lowest BCUT2D eigenvalue weighted by atomic mass is 9.88. The maximum Gasteiger partial charge on any atom is 0.394 e. The summed E-state index contributed by atoms with van der Waals surface area (Å²) in [6, 6.07) is 11.4. The minimum Gasteiger partial charge on any atom is -0.441 e. The Kier molecular flexibility index (Phi) is 5.44. The van der Waals surface area contributed by atoms with E-state index in [1.54, 1.807) is 30.5 Å². The molecule has 0 N–H and O–H groups in total. The first kappa shape index (κ1) is 21.9. The van der Waals surface area contributed by atoms with E-state index in [0.717, 1.165) is 25.3 Å². The van der Waals surface area contributed by atoms with Gasteiger partial charge < -0.3 is 4.42 Å². The van der Waals surface area contributed by atoms with Crippen LogP contribution < -0.4 is 0 Å². The molecule has 0 saturated heterocycles. The molecule has 32 heavy (non-hydrogen) atoms. The van der Waals surface area contributed by atoms with E-state index in [4.69, 9.17) is 4.42 Å². The number of nitrogens with zero attached hydrogens (tertiary/aromatic N) is 3. The maximum atomic E-state index is 13.3. The molecule has 0 radical (unpaired) electrons. The number of alkyl halides is 5. The van der Waals surface area contributed by atoms with Crippen molar-refractivity contribution in [3.05, 3.63) is 66.4 Å². The highest BCUT2D eigenvalue weighted by Gasteiger charge is 2.48. The molecule has 0 aliphatic rings. The van der Waals surface area contributed by atoms with Gasteiger partial charge in [-0.1, -0.05) is 32.0 Å². The number of halogens is 5. The summed E-state index contributed by atoms with van der Waals surface area (Å²) >= 11 is 0. The molecule has 1 aromatic carbocycles. The molecule has 0 aliphatic carbocycles. The number of pyridine rings is 2. The SMILES string of the molecule is CC(C)(Cc1ncc(-c2ccc(C(F)F)nc2-c2ccc3cccnc3c2)o1)C(F)(F)F. The fourth-order valence-electron chi connectivity index (χ4n) is 3.22. The Morgan fingerprint density at radius 1 is 1.00 bits per heavy atom. The van der Waals surface area contributed by atoms with Gasteiger partial charge in [-0.05, 0) is 24.3 Å². The van der Waals surface area contributed by atoms with Crippen molar-refractivity contribution in [2.45, 2.75) is 32.9 Å². The van der Waals surface area contributed by atoms with Crippen LogP contribution in [0.3, 0.4) is 0 Å². The molecule has 0 unspecified atom stereocenters. The predicted octanol–water partition coefficient (Wildman–Crippen LogP) is 7.02. The normalized spacial score (nSPS) is 12.6. The van der Waals surface area contributed by atoms with E-state index in [1.165, 1.54) is 12.3 Å². The number of fused-ring (bicyclic) bond motifs is 1. The lowest BCUT2D eigenvalue weighted by molar-refractivity contribution is -0.212. The highest BCUT2D eigenvalue weighted by Crippen LogP contribution is 2.41. The Morgan fingerprint density at radius 3 is 2.50 bits per heavy atom. The minimum absolute atomic E-state index is 0.105. The van der Waals surface area contributed by atoms with Crippen LogP contribution in [0.2, 0.25) is 0 Å². The van der Waals surface area contributed by atoms with Crippen LogP contribution in [-0.2, 0) is 6.42 Å². The van der Waals surface area contributed by atoms with Gasteiger partial charge in [0.1, 0.15) is 5.69 Å². The van der Waals surface area contributed by atoms with Crippen LogP contribution in [0.15, 0.2) is 59.3 Å². The van der Waals surface area contributed by atoms with E-state index in [-0.39, 0.29) is 17.3 Å². The summed E-state index contributed by atoms with van der Waals surface area (Å²) in [5.41, 5.74) is -0.767. The van der Waals surface area contributed by atoms with Gasteiger partial charge in [0.05, 0.1) is 22.8 Å². The van der Waals surface area contributed by atoms with Crippen molar-refractivity contribution in [3.8, 4) is 22.6 Å². The maximum absolute atomic E-state index is 13.3. The molecule has 0 saturated carbocycles. The highest BCUT2D eigenvalue weighted by molar-refractivity contribution is 5.87. The van der Waals surface area contributed by atoms with Gasteiger partial charge in [-0.2, -0.15) is 13.2 Å². The van der Waals surface area contributed by atoms with Gasteiger partial charge >= 0.3 is 6.18 Å². The molecule has 9 heteroatoms. The van der Waals surface area contributed by atoms with Crippen molar-refractivity contribution in [1.82, 2.24) is 15.0 Å². The largest absolute Gasteiger partial charge is 0.441 e. The number of aromatic nitrogens is 3. The monoisotopic (exact) mass is 447 g/mol. The van der Waals surface area contributed by atoms with Gasteiger partial charge in [0.15, 0.2) is 11.7 Å². The minimum atomic E-state index is -4.44. The molecule has 0 fully saturated rings. The fourth-order valence-corrected chi connectivity index (χ4v) is 3.22. The van der Waals surface area contributed by atoms with Crippen molar-refractivity contribution in [3.63, 3.8) is 0 Å². The Bertz CT molecular complexity index is 1260. The van der Waals surface area contributed by atoms with E-state index in [9.17, 15) is 22.0 Å². The molecule has 4 aromatic rings. The summed E-state index contributed by atoms with van der Waals surface area (Å²) in [6.07, 6.45) is -4.80. The van der Waals surface area contributed by atoms with E-state index >= 15 is 0 Å². The van der Waals surface area contributed by atoms with E-state index in [1.807, 2.05) is 6.07 Å². The Morgan fingerprint density at radius 2 is 1.78 bits per heavy atom. The van der Waals surface area contributed by atoms with Gasteiger partial charge in [-0.25, -0.2) is 18.7 Å². The van der Waals surface area contributed by atoms with Crippen LogP contribution in [0.25, 0.3) is 33.5 Å². The average Bonchev–Trinajstić information content (AvgIpc) is 3.19. The van der Waals surface area contributed by atoms with Crippen molar-refractivity contribution >= 4 is 10.9 Å². The summed E-state index contributed by atoms with van der Waals surface area (Å²) in [5.74, 6) is 0.0359. The number of hydrogen-bond acceptors (Lipinski definition) is 4. The van der Waals surface area contributed by atoms with Gasteiger partial charge in [0, 0.05) is 29.1 Å². The second kappa shape index (κ2) is 7.96. The summed E-state index contributed by atoms with van der Waals surface area (Å²) in [5, 5.41) is 0.860. The molecule has 0 atom stereocenters. The molecule has 0 amide bonds. The average molecular weight is 447 g/mol. The van der Waals surface area contributed by atoms with E-state index in [0.29, 0.717) is 16.6 Å². The van der Waals surface area contributed by atoms with Gasteiger partial charge in [0.2, 0.25) is 0 Å². The molecule has 0 bridgehead atoms. The first-order valence-electron chi connectivity index (χ1n) is 9.71. The number of benzene rings is 1. The summed E-state index contributed by atoms with van der Waals surface area (Å²) in [7, 11) is 0. The molecule has 4 nitrogen and oxygen atoms in total. The van der Waals surface area contributed by atoms with Crippen LogP contribution in [0.5, 0.6) is 0 Å². The van der Waals surface area contributed by atoms with Crippen LogP contribution in [0, 0.1) is 5.41 Å². The third-order valence-corrected chi connectivity index (χ3v) is 5.20. The van der Waals surface area contributed by atoms with E-state index < -0.39 is 30.1 Å². The van der Waals surface area contributed by atoms with Gasteiger partial charge in [0.25, 0.3) is 6.43 Å². The Balaban J connectivity index is 1.79. The highest BCUT2D eigenvalue weighted by atomic mass is 19.4. The summed E-state index contributed by atoms with van der Waals surface area (Å²) < 4.78 is 71.9. The lowest BCUT2D eigenvalue weighted by Gasteiger charge is -2.25. The first-order valence-corrected chi connectivity index (χ1v) is 9.71.